The Morgan fingerprint density at radius 3 is 1.41 bits per heavy atom. The summed E-state index contributed by atoms with van der Waals surface area (Å²) in [6, 6.07) is 13.4. The lowest BCUT2D eigenvalue weighted by Gasteiger charge is -2.23. The van der Waals surface area contributed by atoms with Crippen LogP contribution in [0, 0.1) is 0 Å². The monoisotopic (exact) mass is 719 g/mol. The molecule has 0 saturated heterocycles. The Labute approximate surface area is 307 Å². The van der Waals surface area contributed by atoms with Gasteiger partial charge in [-0.2, -0.15) is 8.42 Å². The van der Waals surface area contributed by atoms with Gasteiger partial charge in [0.15, 0.2) is 5.75 Å². The number of carbonyl (C=O) groups excluding carboxylic acids is 2. The van der Waals surface area contributed by atoms with Gasteiger partial charge in [-0.25, -0.2) is 9.52 Å². The SMILES string of the molecule is CC(C)c1cc(C(C)C)c(CC(=O)NS(=O)(=O)Oc2c(C(C)C)cc(NC(=O)Nc3c(C(C)C)cccc3C(C)C)cc2C(C)C)c(C(C)C)c1. The molecule has 3 aromatic rings. The first-order chi connectivity index (χ1) is 23.6. The van der Waals surface area contributed by atoms with Crippen LogP contribution in [-0.2, 0) is 21.5 Å². The van der Waals surface area contributed by atoms with Crippen molar-refractivity contribution in [2.75, 3.05) is 10.6 Å². The second kappa shape index (κ2) is 17.1. The lowest BCUT2D eigenvalue weighted by Crippen LogP contribution is -2.36. The third kappa shape index (κ3) is 10.6. The molecule has 0 aliphatic rings. The van der Waals surface area contributed by atoms with Crippen molar-refractivity contribution in [2.24, 2.45) is 0 Å². The maximum atomic E-state index is 13.5. The van der Waals surface area contributed by atoms with Gasteiger partial charge < -0.3 is 14.8 Å². The fourth-order valence-corrected chi connectivity index (χ4v) is 7.25. The third-order valence-corrected chi connectivity index (χ3v) is 10.1. The first-order valence-corrected chi connectivity index (χ1v) is 19.8. The van der Waals surface area contributed by atoms with E-state index in [2.05, 4.69) is 96.7 Å². The van der Waals surface area contributed by atoms with Gasteiger partial charge in [0.25, 0.3) is 0 Å². The highest BCUT2D eigenvalue weighted by atomic mass is 32.2. The van der Waals surface area contributed by atoms with Gasteiger partial charge in [-0.1, -0.05) is 127 Å². The Kier molecular flexibility index (Phi) is 13.9. The molecule has 0 fully saturated rings. The summed E-state index contributed by atoms with van der Waals surface area (Å²) in [6.07, 6.45) is -0.0908. The quantitative estimate of drug-likeness (QED) is 0.153. The molecule has 51 heavy (non-hydrogen) atoms. The van der Waals surface area contributed by atoms with E-state index in [-0.39, 0.29) is 47.7 Å². The number of carbonyl (C=O) groups is 2. The largest absolute Gasteiger partial charge is 0.409 e. The Balaban J connectivity index is 1.95. The van der Waals surface area contributed by atoms with E-state index in [1.807, 2.05) is 45.9 Å². The van der Waals surface area contributed by atoms with Crippen molar-refractivity contribution in [3.05, 3.63) is 87.0 Å². The number of amides is 3. The zero-order valence-corrected chi connectivity index (χ0v) is 34.1. The molecule has 0 spiro atoms. The van der Waals surface area contributed by atoms with E-state index in [0.717, 1.165) is 33.5 Å². The first-order valence-electron chi connectivity index (χ1n) is 18.4. The molecular formula is C42H61N3O5S. The standard InChI is InChI=1S/C42H61N3O5S/c1-23(2)30-18-34(26(7)8)38(35(19-30)27(9)10)22-39(46)45-51(48,49)50-41-36(28(11)12)20-31(21-37(41)29(13)14)43-42(47)44-40-32(24(3)4)16-15-17-33(40)25(5)6/h15-21,23-29H,22H2,1-14H3,(H,45,46)(H2,43,44,47). The van der Waals surface area contributed by atoms with Gasteiger partial charge in [-0.05, 0) is 86.9 Å². The number of hydrogen-bond acceptors (Lipinski definition) is 5. The summed E-state index contributed by atoms with van der Waals surface area (Å²) in [4.78, 5) is 26.9. The highest BCUT2D eigenvalue weighted by Crippen LogP contribution is 2.39. The molecule has 3 amide bonds. The van der Waals surface area contributed by atoms with E-state index in [1.165, 1.54) is 5.56 Å². The van der Waals surface area contributed by atoms with Crippen LogP contribution in [0.5, 0.6) is 5.75 Å². The molecule has 3 aromatic carbocycles. The smallest absolute Gasteiger partial charge is 0.366 e. The normalized spacial score (nSPS) is 12.2. The van der Waals surface area contributed by atoms with Crippen molar-refractivity contribution >= 4 is 33.6 Å². The third-order valence-electron chi connectivity index (χ3n) is 9.28. The topological polar surface area (TPSA) is 114 Å². The Bertz CT molecular complexity index is 1740. The summed E-state index contributed by atoms with van der Waals surface area (Å²) in [5, 5.41) is 6.06. The average Bonchev–Trinajstić information content (AvgIpc) is 3.00. The van der Waals surface area contributed by atoms with Crippen molar-refractivity contribution in [3.63, 3.8) is 0 Å². The van der Waals surface area contributed by atoms with E-state index in [1.54, 1.807) is 12.1 Å². The molecule has 0 bridgehead atoms. The van der Waals surface area contributed by atoms with Gasteiger partial charge in [-0.15, -0.1) is 0 Å². The van der Waals surface area contributed by atoms with Crippen LogP contribution in [0.1, 0.15) is 183 Å². The summed E-state index contributed by atoms with van der Waals surface area (Å²) in [7, 11) is -4.56. The lowest BCUT2D eigenvalue weighted by atomic mass is 9.83. The number of urea groups is 1. The average molecular weight is 720 g/mol. The van der Waals surface area contributed by atoms with E-state index < -0.39 is 22.2 Å². The van der Waals surface area contributed by atoms with Gasteiger partial charge in [0, 0.05) is 22.5 Å². The summed E-state index contributed by atoms with van der Waals surface area (Å²) in [5.74, 6) is 0.198. The molecule has 280 valence electrons. The minimum absolute atomic E-state index is 0.0908. The minimum Gasteiger partial charge on any atom is -0.366 e. The number of hydrogen-bond donors (Lipinski definition) is 3. The molecule has 0 heterocycles. The highest BCUT2D eigenvalue weighted by Gasteiger charge is 2.27. The van der Waals surface area contributed by atoms with Crippen LogP contribution in [0.3, 0.4) is 0 Å². The zero-order chi connectivity index (χ0) is 38.5. The second-order valence-electron chi connectivity index (χ2n) is 15.9. The van der Waals surface area contributed by atoms with Crippen LogP contribution in [0.25, 0.3) is 0 Å². The maximum absolute atomic E-state index is 13.5. The van der Waals surface area contributed by atoms with Gasteiger partial charge in [0.2, 0.25) is 5.91 Å². The zero-order valence-electron chi connectivity index (χ0n) is 33.2. The van der Waals surface area contributed by atoms with E-state index >= 15 is 0 Å². The van der Waals surface area contributed by atoms with Crippen LogP contribution in [0.2, 0.25) is 0 Å². The summed E-state index contributed by atoms with van der Waals surface area (Å²) in [5.41, 5.74) is 8.72. The molecular weight excluding hydrogens is 659 g/mol. The molecule has 3 rings (SSSR count). The fourth-order valence-electron chi connectivity index (χ4n) is 6.45. The number of anilines is 2. The van der Waals surface area contributed by atoms with Crippen molar-refractivity contribution in [1.82, 2.24) is 4.72 Å². The molecule has 0 radical (unpaired) electrons. The lowest BCUT2D eigenvalue weighted by molar-refractivity contribution is -0.118. The fraction of sp³-hybridized carbons (Fsp3) is 0.524. The number of nitrogens with one attached hydrogen (secondary N) is 3. The van der Waals surface area contributed by atoms with Gasteiger partial charge in [-0.3, -0.25) is 4.79 Å². The molecule has 8 nitrogen and oxygen atoms in total. The Morgan fingerprint density at radius 1 is 0.588 bits per heavy atom. The molecule has 9 heteroatoms. The van der Waals surface area contributed by atoms with Crippen molar-refractivity contribution in [2.45, 2.75) is 145 Å². The molecule has 0 aliphatic carbocycles. The summed E-state index contributed by atoms with van der Waals surface area (Å²) >= 11 is 0. The summed E-state index contributed by atoms with van der Waals surface area (Å²) in [6.45, 7) is 28.7. The van der Waals surface area contributed by atoms with Crippen LogP contribution in [0.4, 0.5) is 16.2 Å². The molecule has 0 aromatic heterocycles. The molecule has 0 unspecified atom stereocenters. The predicted molar refractivity (Wildman–Crippen MR) is 212 cm³/mol. The minimum atomic E-state index is -4.56. The number of rotatable bonds is 14. The highest BCUT2D eigenvalue weighted by molar-refractivity contribution is 7.85. The maximum Gasteiger partial charge on any atom is 0.409 e. The van der Waals surface area contributed by atoms with Crippen molar-refractivity contribution in [1.29, 1.82) is 0 Å². The van der Waals surface area contributed by atoms with Gasteiger partial charge in [0.1, 0.15) is 0 Å². The Morgan fingerprint density at radius 2 is 1.02 bits per heavy atom. The van der Waals surface area contributed by atoms with E-state index in [4.69, 9.17) is 4.18 Å². The Hall–Kier alpha value is -3.85. The predicted octanol–water partition coefficient (Wildman–Crippen LogP) is 11.2. The van der Waals surface area contributed by atoms with Crippen LogP contribution >= 0.6 is 0 Å². The van der Waals surface area contributed by atoms with Crippen LogP contribution in [-0.4, -0.2) is 20.4 Å². The number of para-hydroxylation sites is 1. The first kappa shape index (κ1) is 41.6. The molecule has 0 atom stereocenters. The van der Waals surface area contributed by atoms with Crippen molar-refractivity contribution < 1.29 is 22.2 Å². The van der Waals surface area contributed by atoms with Crippen molar-refractivity contribution in [3.8, 4) is 5.75 Å². The van der Waals surface area contributed by atoms with E-state index in [9.17, 15) is 18.0 Å². The van der Waals surface area contributed by atoms with Crippen LogP contribution in [0.15, 0.2) is 42.5 Å². The molecule has 0 saturated carbocycles. The van der Waals surface area contributed by atoms with Gasteiger partial charge in [0.05, 0.1) is 6.42 Å². The second-order valence-corrected chi connectivity index (χ2v) is 17.2. The molecule has 0 aliphatic heterocycles. The van der Waals surface area contributed by atoms with E-state index in [0.29, 0.717) is 22.7 Å². The van der Waals surface area contributed by atoms with Crippen LogP contribution < -0.4 is 19.5 Å². The van der Waals surface area contributed by atoms with Gasteiger partial charge >= 0.3 is 16.3 Å². The summed E-state index contributed by atoms with van der Waals surface area (Å²) < 4.78 is 35.0. The number of benzene rings is 3. The molecule has 3 N–H and O–H groups in total.